The van der Waals surface area contributed by atoms with Crippen LogP contribution in [0.25, 0.3) is 0 Å². The first-order valence-corrected chi connectivity index (χ1v) is 8.91. The number of nitrogens with one attached hydrogen (secondary N) is 1. The van der Waals surface area contributed by atoms with Crippen LogP contribution in [0.1, 0.15) is 36.5 Å². The molecule has 5 heteroatoms. The van der Waals surface area contributed by atoms with E-state index in [1.165, 1.54) is 19.3 Å². The molecule has 4 rings (SSSR count). The second-order valence-corrected chi connectivity index (χ2v) is 6.79. The monoisotopic (exact) mass is 337 g/mol. The van der Waals surface area contributed by atoms with Crippen LogP contribution in [0.2, 0.25) is 0 Å². The second kappa shape index (κ2) is 6.31. The number of hydrogen-bond acceptors (Lipinski definition) is 4. The number of anilines is 3. The van der Waals surface area contributed by atoms with Gasteiger partial charge in [0.2, 0.25) is 0 Å². The lowest BCUT2D eigenvalue weighted by Crippen LogP contribution is -2.47. The van der Waals surface area contributed by atoms with Gasteiger partial charge in [-0.1, -0.05) is 0 Å². The van der Waals surface area contributed by atoms with E-state index in [1.54, 1.807) is 29.2 Å². The summed E-state index contributed by atoms with van der Waals surface area (Å²) in [7, 11) is 0. The number of rotatable bonds is 2. The molecule has 5 nitrogen and oxygen atoms in total. The molecule has 1 saturated heterocycles. The molecule has 0 radical (unpaired) electrons. The zero-order valence-electron chi connectivity index (χ0n) is 14.4. The van der Waals surface area contributed by atoms with Crippen molar-refractivity contribution in [2.45, 2.75) is 32.4 Å². The number of benzene rings is 2. The van der Waals surface area contributed by atoms with Gasteiger partial charge in [-0.25, -0.2) is 0 Å². The summed E-state index contributed by atoms with van der Waals surface area (Å²) in [5.41, 5.74) is 3.48. The van der Waals surface area contributed by atoms with E-state index in [2.05, 4.69) is 16.3 Å². The normalized spacial score (nSPS) is 20.2. The Morgan fingerprint density at radius 1 is 1.00 bits per heavy atom. The van der Waals surface area contributed by atoms with Crippen LogP contribution in [0.4, 0.5) is 17.1 Å². The molecule has 130 valence electrons. The summed E-state index contributed by atoms with van der Waals surface area (Å²) in [5, 5.41) is 12.9. The molecule has 25 heavy (non-hydrogen) atoms. The third-order valence-corrected chi connectivity index (χ3v) is 5.05. The van der Waals surface area contributed by atoms with E-state index in [0.717, 1.165) is 30.2 Å². The van der Waals surface area contributed by atoms with Crippen molar-refractivity contribution >= 4 is 23.0 Å². The molecule has 2 heterocycles. The Kier molecular flexibility index (Phi) is 3.99. The van der Waals surface area contributed by atoms with Crippen molar-refractivity contribution in [1.82, 2.24) is 0 Å². The lowest BCUT2D eigenvalue weighted by atomic mass is 10.0. The number of nitrogens with zero attached hydrogens (tertiary/aromatic N) is 2. The van der Waals surface area contributed by atoms with Crippen LogP contribution in [0.3, 0.4) is 0 Å². The predicted molar refractivity (Wildman–Crippen MR) is 101 cm³/mol. The Labute approximate surface area is 147 Å². The van der Waals surface area contributed by atoms with Gasteiger partial charge in [-0.05, 0) is 68.7 Å². The minimum Gasteiger partial charge on any atom is -0.508 e. The molecule has 2 aliphatic rings. The van der Waals surface area contributed by atoms with Crippen molar-refractivity contribution in [3.05, 3.63) is 48.0 Å². The van der Waals surface area contributed by atoms with Crippen molar-refractivity contribution in [2.24, 2.45) is 0 Å². The number of carbonyl (C=O) groups is 1. The van der Waals surface area contributed by atoms with Crippen LogP contribution in [0.5, 0.6) is 5.75 Å². The van der Waals surface area contributed by atoms with Crippen LogP contribution in [0, 0.1) is 0 Å². The molecule has 2 N–H and O–H groups in total. The van der Waals surface area contributed by atoms with Crippen LogP contribution in [0.15, 0.2) is 42.5 Å². The summed E-state index contributed by atoms with van der Waals surface area (Å²) in [6.45, 7) is 4.07. The molecule has 1 atom stereocenters. The largest absolute Gasteiger partial charge is 0.508 e. The van der Waals surface area contributed by atoms with Crippen molar-refractivity contribution < 1.29 is 9.90 Å². The van der Waals surface area contributed by atoms with E-state index in [-0.39, 0.29) is 17.8 Å². The minimum absolute atomic E-state index is 0.00852. The third kappa shape index (κ3) is 2.90. The van der Waals surface area contributed by atoms with Crippen molar-refractivity contribution in [3.63, 3.8) is 0 Å². The maximum Gasteiger partial charge on any atom is 0.262 e. The Hall–Kier alpha value is -2.69. The quantitative estimate of drug-likeness (QED) is 0.875. The van der Waals surface area contributed by atoms with Crippen molar-refractivity contribution in [2.75, 3.05) is 28.2 Å². The Balaban J connectivity index is 1.68. The fourth-order valence-electron chi connectivity index (χ4n) is 3.73. The predicted octanol–water partition coefficient (Wildman–Crippen LogP) is 3.80. The topological polar surface area (TPSA) is 55.8 Å². The highest BCUT2D eigenvalue weighted by Gasteiger charge is 2.31. The van der Waals surface area contributed by atoms with E-state index < -0.39 is 0 Å². The maximum atomic E-state index is 13.2. The van der Waals surface area contributed by atoms with Gasteiger partial charge < -0.3 is 15.3 Å². The lowest BCUT2D eigenvalue weighted by Gasteiger charge is -2.37. The van der Waals surface area contributed by atoms with Gasteiger partial charge >= 0.3 is 0 Å². The van der Waals surface area contributed by atoms with Crippen LogP contribution >= 0.6 is 0 Å². The van der Waals surface area contributed by atoms with E-state index in [9.17, 15) is 9.90 Å². The van der Waals surface area contributed by atoms with Gasteiger partial charge in [-0.15, -0.1) is 0 Å². The number of phenolic OH excluding ortho intramolecular Hbond substituents is 1. The SMILES string of the molecule is CC1Nc2ccc(N3CCCCC3)cc2C(=O)N1c1ccc(O)cc1. The smallest absolute Gasteiger partial charge is 0.262 e. The van der Waals surface area contributed by atoms with E-state index in [0.29, 0.717) is 5.56 Å². The first kappa shape index (κ1) is 15.8. The van der Waals surface area contributed by atoms with Gasteiger partial charge in [0, 0.05) is 30.2 Å². The molecule has 2 aromatic rings. The summed E-state index contributed by atoms with van der Waals surface area (Å²) in [4.78, 5) is 17.3. The number of phenols is 1. The number of fused-ring (bicyclic) bond motifs is 1. The minimum atomic E-state index is -0.148. The van der Waals surface area contributed by atoms with Gasteiger partial charge in [0.1, 0.15) is 11.9 Å². The van der Waals surface area contributed by atoms with Gasteiger partial charge in [0.15, 0.2) is 0 Å². The fraction of sp³-hybridized carbons (Fsp3) is 0.350. The average Bonchev–Trinajstić information content (AvgIpc) is 2.64. The highest BCUT2D eigenvalue weighted by molar-refractivity contribution is 6.12. The standard InChI is InChI=1S/C20H23N3O2/c1-14-21-19-10-7-16(22-11-3-2-4-12-22)13-18(19)20(25)23(14)15-5-8-17(24)9-6-15/h5-10,13-14,21,24H,2-4,11-12H2,1H3. The first-order valence-electron chi connectivity index (χ1n) is 8.91. The molecule has 0 bridgehead atoms. The molecule has 0 saturated carbocycles. The first-order chi connectivity index (χ1) is 12.1. The van der Waals surface area contributed by atoms with Gasteiger partial charge in [-0.2, -0.15) is 0 Å². The zero-order chi connectivity index (χ0) is 17.4. The number of carbonyl (C=O) groups excluding carboxylic acids is 1. The van der Waals surface area contributed by atoms with Gasteiger partial charge in [0.25, 0.3) is 5.91 Å². The molecule has 0 aromatic heterocycles. The number of piperidine rings is 1. The maximum absolute atomic E-state index is 13.2. The Morgan fingerprint density at radius 2 is 1.68 bits per heavy atom. The number of aromatic hydroxyl groups is 1. The Bertz CT molecular complexity index is 782. The lowest BCUT2D eigenvalue weighted by molar-refractivity contribution is 0.0977. The number of hydrogen-bond donors (Lipinski definition) is 2. The number of amides is 1. The van der Waals surface area contributed by atoms with E-state index >= 15 is 0 Å². The highest BCUT2D eigenvalue weighted by atomic mass is 16.3. The van der Waals surface area contributed by atoms with Crippen molar-refractivity contribution in [1.29, 1.82) is 0 Å². The molecule has 1 fully saturated rings. The average molecular weight is 337 g/mol. The van der Waals surface area contributed by atoms with E-state index in [1.807, 2.05) is 19.1 Å². The second-order valence-electron chi connectivity index (χ2n) is 6.79. The summed E-state index contributed by atoms with van der Waals surface area (Å²) in [6.07, 6.45) is 3.55. The molecule has 0 aliphatic carbocycles. The molecule has 1 amide bonds. The fourth-order valence-corrected chi connectivity index (χ4v) is 3.73. The zero-order valence-corrected chi connectivity index (χ0v) is 14.4. The van der Waals surface area contributed by atoms with E-state index in [4.69, 9.17) is 0 Å². The van der Waals surface area contributed by atoms with Crippen molar-refractivity contribution in [3.8, 4) is 5.75 Å². The Morgan fingerprint density at radius 3 is 2.40 bits per heavy atom. The molecular formula is C20H23N3O2. The summed E-state index contributed by atoms with van der Waals surface area (Å²) >= 11 is 0. The summed E-state index contributed by atoms with van der Waals surface area (Å²) < 4.78 is 0. The van der Waals surface area contributed by atoms with Crippen LogP contribution < -0.4 is 15.1 Å². The van der Waals surface area contributed by atoms with Gasteiger partial charge in [0.05, 0.1) is 5.56 Å². The van der Waals surface area contributed by atoms with Crippen LogP contribution in [-0.4, -0.2) is 30.3 Å². The molecule has 2 aliphatic heterocycles. The van der Waals surface area contributed by atoms with Gasteiger partial charge in [-0.3, -0.25) is 9.69 Å². The summed E-state index contributed by atoms with van der Waals surface area (Å²) in [6, 6.07) is 12.9. The molecule has 2 aromatic carbocycles. The van der Waals surface area contributed by atoms with Crippen LogP contribution in [-0.2, 0) is 0 Å². The summed E-state index contributed by atoms with van der Waals surface area (Å²) in [5.74, 6) is 0.187. The molecular weight excluding hydrogens is 314 g/mol. The third-order valence-electron chi connectivity index (χ3n) is 5.05. The highest BCUT2D eigenvalue weighted by Crippen LogP contribution is 2.33. The molecule has 0 spiro atoms. The molecule has 1 unspecified atom stereocenters.